The van der Waals surface area contributed by atoms with Crippen LogP contribution in [-0.2, 0) is 12.8 Å². The normalized spacial score (nSPS) is 24.1. The van der Waals surface area contributed by atoms with E-state index in [1.54, 1.807) is 14.2 Å². The number of fused-ring (bicyclic) bond motifs is 1. The first-order chi connectivity index (χ1) is 13.7. The van der Waals surface area contributed by atoms with Gasteiger partial charge in [-0.25, -0.2) is 0 Å². The lowest BCUT2D eigenvalue weighted by atomic mass is 9.82. The van der Waals surface area contributed by atoms with E-state index in [0.29, 0.717) is 23.5 Å². The molecule has 4 heteroatoms. The summed E-state index contributed by atoms with van der Waals surface area (Å²) in [6.45, 7) is 1.04. The monoisotopic (exact) mass is 379 g/mol. The molecule has 1 aliphatic heterocycles. The van der Waals surface area contributed by atoms with Gasteiger partial charge in [0.2, 0.25) is 0 Å². The summed E-state index contributed by atoms with van der Waals surface area (Å²) in [6.07, 6.45) is 5.15. The second kappa shape index (κ2) is 8.36. The molecule has 2 aromatic rings. The second-order valence-corrected chi connectivity index (χ2v) is 8.10. The number of piperidine rings is 1. The van der Waals surface area contributed by atoms with Crippen LogP contribution in [0.3, 0.4) is 0 Å². The quantitative estimate of drug-likeness (QED) is 0.822. The first-order valence-corrected chi connectivity index (χ1v) is 10.2. The van der Waals surface area contributed by atoms with Crippen LogP contribution in [0, 0.1) is 11.8 Å². The Balaban J connectivity index is 1.41. The predicted octanol–water partition coefficient (Wildman–Crippen LogP) is 4.06. The molecule has 148 valence electrons. The van der Waals surface area contributed by atoms with Crippen molar-refractivity contribution >= 4 is 5.78 Å². The first kappa shape index (κ1) is 19.0. The number of rotatable bonds is 6. The summed E-state index contributed by atoms with van der Waals surface area (Å²) in [7, 11) is 3.25. The molecule has 0 bridgehead atoms. The van der Waals surface area contributed by atoms with E-state index in [0.717, 1.165) is 49.8 Å². The number of hydrogen-bond donors (Lipinski definition) is 1. The first-order valence-electron chi connectivity index (χ1n) is 10.2. The maximum Gasteiger partial charge on any atom is 0.166 e. The summed E-state index contributed by atoms with van der Waals surface area (Å²) < 4.78 is 10.8. The Labute approximate surface area is 167 Å². The highest BCUT2D eigenvalue weighted by atomic mass is 16.5. The molecule has 0 radical (unpaired) electrons. The minimum absolute atomic E-state index is 0.0901. The van der Waals surface area contributed by atoms with E-state index in [1.807, 2.05) is 12.1 Å². The molecule has 1 fully saturated rings. The number of ether oxygens (including phenoxy) is 2. The molecular formula is C24H29NO3. The van der Waals surface area contributed by atoms with Crippen LogP contribution < -0.4 is 14.8 Å². The minimum atomic E-state index is 0.0901. The summed E-state index contributed by atoms with van der Waals surface area (Å²) in [5.74, 6) is 2.31. The molecule has 1 aliphatic carbocycles. The molecule has 1 saturated heterocycles. The Morgan fingerprint density at radius 3 is 2.57 bits per heavy atom. The van der Waals surface area contributed by atoms with Crippen LogP contribution in [0.5, 0.6) is 11.5 Å². The largest absolute Gasteiger partial charge is 0.493 e. The van der Waals surface area contributed by atoms with Gasteiger partial charge in [0.1, 0.15) is 0 Å². The van der Waals surface area contributed by atoms with Crippen molar-refractivity contribution in [2.75, 3.05) is 20.8 Å². The molecule has 3 unspecified atom stereocenters. The Morgan fingerprint density at radius 1 is 1.07 bits per heavy atom. The maximum absolute atomic E-state index is 13.0. The third-order valence-corrected chi connectivity index (χ3v) is 6.26. The third-order valence-electron chi connectivity index (χ3n) is 6.26. The van der Waals surface area contributed by atoms with Gasteiger partial charge in [-0.3, -0.25) is 4.79 Å². The summed E-state index contributed by atoms with van der Waals surface area (Å²) in [4.78, 5) is 13.0. The standard InChI is InChI=1S/C24H29NO3/c1-27-22-14-18-13-19(24(26)21(18)15-23(22)28-2)10-17-8-9-25-20(12-17)11-16-6-4-3-5-7-16/h3-7,14-15,17,19-20,25H,8-13H2,1-2H3. The zero-order valence-electron chi connectivity index (χ0n) is 16.7. The van der Waals surface area contributed by atoms with Crippen molar-refractivity contribution in [3.05, 3.63) is 59.2 Å². The SMILES string of the molecule is COc1cc2c(cc1OC)C(=O)C(CC1CCNC(Cc3ccccc3)C1)C2. The van der Waals surface area contributed by atoms with Crippen molar-refractivity contribution in [2.24, 2.45) is 11.8 Å². The summed E-state index contributed by atoms with van der Waals surface area (Å²) in [6, 6.07) is 15.0. The van der Waals surface area contributed by atoms with Gasteiger partial charge < -0.3 is 14.8 Å². The van der Waals surface area contributed by atoms with Gasteiger partial charge in [0.15, 0.2) is 17.3 Å². The van der Waals surface area contributed by atoms with E-state index in [4.69, 9.17) is 9.47 Å². The number of nitrogens with one attached hydrogen (secondary N) is 1. The highest BCUT2D eigenvalue weighted by Crippen LogP contribution is 2.39. The maximum atomic E-state index is 13.0. The van der Waals surface area contributed by atoms with Gasteiger partial charge in [0, 0.05) is 17.5 Å². The van der Waals surface area contributed by atoms with Crippen molar-refractivity contribution < 1.29 is 14.3 Å². The van der Waals surface area contributed by atoms with E-state index in [1.165, 1.54) is 5.56 Å². The molecule has 2 aromatic carbocycles. The third kappa shape index (κ3) is 3.93. The van der Waals surface area contributed by atoms with Crippen molar-refractivity contribution in [3.8, 4) is 11.5 Å². The fourth-order valence-electron chi connectivity index (χ4n) is 4.85. The van der Waals surface area contributed by atoms with Crippen LogP contribution in [0.2, 0.25) is 0 Å². The number of ketones is 1. The van der Waals surface area contributed by atoms with E-state index in [-0.39, 0.29) is 11.7 Å². The van der Waals surface area contributed by atoms with Crippen molar-refractivity contribution in [1.82, 2.24) is 5.32 Å². The number of carbonyl (C=O) groups excluding carboxylic acids is 1. The second-order valence-electron chi connectivity index (χ2n) is 8.10. The van der Waals surface area contributed by atoms with E-state index in [2.05, 4.69) is 35.6 Å². The zero-order chi connectivity index (χ0) is 19.5. The molecule has 4 rings (SSSR count). The van der Waals surface area contributed by atoms with Crippen molar-refractivity contribution in [3.63, 3.8) is 0 Å². The number of Topliss-reactive ketones (excluding diaryl/α,β-unsaturated/α-hetero) is 1. The molecule has 0 spiro atoms. The van der Waals surface area contributed by atoms with E-state index < -0.39 is 0 Å². The van der Waals surface area contributed by atoms with Crippen LogP contribution in [0.1, 0.15) is 40.7 Å². The molecule has 0 aromatic heterocycles. The smallest absolute Gasteiger partial charge is 0.166 e. The minimum Gasteiger partial charge on any atom is -0.493 e. The van der Waals surface area contributed by atoms with Gasteiger partial charge in [-0.1, -0.05) is 30.3 Å². The highest BCUT2D eigenvalue weighted by molar-refractivity contribution is 6.02. The summed E-state index contributed by atoms with van der Waals surface area (Å²) in [5.41, 5.74) is 3.30. The van der Waals surface area contributed by atoms with Gasteiger partial charge in [-0.05, 0) is 67.8 Å². The Morgan fingerprint density at radius 2 is 1.82 bits per heavy atom. The molecule has 4 nitrogen and oxygen atoms in total. The van der Waals surface area contributed by atoms with E-state index in [9.17, 15) is 4.79 Å². The molecule has 1 heterocycles. The summed E-state index contributed by atoms with van der Waals surface area (Å²) in [5, 5.41) is 3.66. The van der Waals surface area contributed by atoms with Gasteiger partial charge in [0.25, 0.3) is 0 Å². The number of carbonyl (C=O) groups is 1. The van der Waals surface area contributed by atoms with Crippen LogP contribution in [0.25, 0.3) is 0 Å². The molecule has 3 atom stereocenters. The molecule has 28 heavy (non-hydrogen) atoms. The Bertz CT molecular complexity index is 833. The van der Waals surface area contributed by atoms with Crippen LogP contribution >= 0.6 is 0 Å². The van der Waals surface area contributed by atoms with E-state index >= 15 is 0 Å². The molecule has 1 N–H and O–H groups in total. The van der Waals surface area contributed by atoms with Crippen LogP contribution in [0.4, 0.5) is 0 Å². The average Bonchev–Trinajstić information content (AvgIpc) is 3.02. The van der Waals surface area contributed by atoms with Crippen molar-refractivity contribution in [2.45, 2.75) is 38.1 Å². The molecular weight excluding hydrogens is 350 g/mol. The zero-order valence-corrected chi connectivity index (χ0v) is 16.7. The Hall–Kier alpha value is -2.33. The van der Waals surface area contributed by atoms with Gasteiger partial charge in [-0.2, -0.15) is 0 Å². The average molecular weight is 380 g/mol. The number of hydrogen-bond acceptors (Lipinski definition) is 4. The predicted molar refractivity (Wildman–Crippen MR) is 110 cm³/mol. The summed E-state index contributed by atoms with van der Waals surface area (Å²) >= 11 is 0. The topological polar surface area (TPSA) is 47.6 Å². The number of benzene rings is 2. The number of methoxy groups -OCH3 is 2. The molecule has 0 saturated carbocycles. The van der Waals surface area contributed by atoms with Gasteiger partial charge in [-0.15, -0.1) is 0 Å². The molecule has 2 aliphatic rings. The van der Waals surface area contributed by atoms with Crippen LogP contribution in [-0.4, -0.2) is 32.6 Å². The van der Waals surface area contributed by atoms with Crippen LogP contribution in [0.15, 0.2) is 42.5 Å². The molecule has 0 amide bonds. The lowest BCUT2D eigenvalue weighted by molar-refractivity contribution is 0.0908. The highest BCUT2D eigenvalue weighted by Gasteiger charge is 2.35. The van der Waals surface area contributed by atoms with Crippen molar-refractivity contribution in [1.29, 1.82) is 0 Å². The van der Waals surface area contributed by atoms with Gasteiger partial charge >= 0.3 is 0 Å². The Kier molecular flexibility index (Phi) is 5.67. The fourth-order valence-corrected chi connectivity index (χ4v) is 4.85. The lowest BCUT2D eigenvalue weighted by Crippen LogP contribution is -2.40. The van der Waals surface area contributed by atoms with Gasteiger partial charge in [0.05, 0.1) is 14.2 Å². The fraction of sp³-hybridized carbons (Fsp3) is 0.458. The lowest BCUT2D eigenvalue weighted by Gasteiger charge is -2.31.